The molecule has 3 heteroatoms. The second-order valence-corrected chi connectivity index (χ2v) is 5.41. The van der Waals surface area contributed by atoms with Gasteiger partial charge in [-0.15, -0.1) is 0 Å². The molecule has 0 unspecified atom stereocenters. The zero-order valence-electron chi connectivity index (χ0n) is 10.6. The zero-order chi connectivity index (χ0) is 12.5. The number of nitrogen functional groups attached to an aromatic ring is 1. The highest BCUT2D eigenvalue weighted by atomic mass is 15.0. The van der Waals surface area contributed by atoms with Crippen molar-refractivity contribution >= 4 is 5.69 Å². The predicted molar refractivity (Wildman–Crippen MR) is 70.9 cm³/mol. The molecule has 1 aromatic heterocycles. The maximum atomic E-state index is 6.11. The molecule has 0 saturated heterocycles. The number of imidazole rings is 1. The average molecular weight is 229 g/mol. The summed E-state index contributed by atoms with van der Waals surface area (Å²) >= 11 is 0. The number of aromatic nitrogens is 2. The van der Waals surface area contributed by atoms with Crippen LogP contribution in [0.1, 0.15) is 31.9 Å². The zero-order valence-corrected chi connectivity index (χ0v) is 10.6. The van der Waals surface area contributed by atoms with Crippen molar-refractivity contribution in [2.24, 2.45) is 0 Å². The molecule has 1 aromatic carbocycles. The summed E-state index contributed by atoms with van der Waals surface area (Å²) in [6, 6.07) is 6.32. The van der Waals surface area contributed by atoms with E-state index in [4.69, 9.17) is 5.73 Å². The number of nitrogens with two attached hydrogens (primary N) is 1. The Bertz CT molecular complexity index is 493. The molecule has 3 nitrogen and oxygen atoms in total. The van der Waals surface area contributed by atoms with Gasteiger partial charge >= 0.3 is 0 Å². The van der Waals surface area contributed by atoms with Crippen LogP contribution < -0.4 is 5.73 Å². The van der Waals surface area contributed by atoms with E-state index in [1.165, 1.54) is 11.1 Å². The lowest BCUT2D eigenvalue weighted by molar-refractivity contribution is 0.592. The van der Waals surface area contributed by atoms with Gasteiger partial charge in [-0.05, 0) is 22.6 Å². The largest absolute Gasteiger partial charge is 0.398 e. The fourth-order valence-corrected chi connectivity index (χ4v) is 1.98. The molecule has 0 amide bonds. The Morgan fingerprint density at radius 3 is 2.59 bits per heavy atom. The topological polar surface area (TPSA) is 43.8 Å². The molecule has 2 aromatic rings. The Morgan fingerprint density at radius 2 is 2.06 bits per heavy atom. The summed E-state index contributed by atoms with van der Waals surface area (Å²) in [6.45, 7) is 7.34. The van der Waals surface area contributed by atoms with Crippen LogP contribution in [0.25, 0.3) is 0 Å². The third kappa shape index (κ3) is 2.67. The van der Waals surface area contributed by atoms with Crippen LogP contribution >= 0.6 is 0 Å². The monoisotopic (exact) mass is 229 g/mol. The molecule has 0 aliphatic rings. The lowest BCUT2D eigenvalue weighted by Gasteiger charge is -2.21. The van der Waals surface area contributed by atoms with E-state index in [1.807, 2.05) is 17.1 Å². The maximum Gasteiger partial charge on any atom is 0.0949 e. The Labute approximate surface area is 102 Å². The smallest absolute Gasteiger partial charge is 0.0949 e. The van der Waals surface area contributed by atoms with E-state index in [-0.39, 0.29) is 5.41 Å². The summed E-state index contributed by atoms with van der Waals surface area (Å²) in [5, 5.41) is 0. The summed E-state index contributed by atoms with van der Waals surface area (Å²) in [6.07, 6.45) is 5.55. The van der Waals surface area contributed by atoms with Crippen molar-refractivity contribution in [1.82, 2.24) is 9.55 Å². The van der Waals surface area contributed by atoms with Gasteiger partial charge in [0, 0.05) is 24.6 Å². The van der Waals surface area contributed by atoms with Crippen molar-refractivity contribution in [2.75, 3.05) is 5.73 Å². The van der Waals surface area contributed by atoms with Crippen LogP contribution in [0.4, 0.5) is 5.69 Å². The molecule has 0 atom stereocenters. The quantitative estimate of drug-likeness (QED) is 0.805. The first-order valence-electron chi connectivity index (χ1n) is 5.81. The molecule has 90 valence electrons. The van der Waals surface area contributed by atoms with Crippen molar-refractivity contribution in [3.8, 4) is 0 Å². The van der Waals surface area contributed by atoms with E-state index in [0.29, 0.717) is 0 Å². The molecule has 0 saturated carbocycles. The standard InChI is InChI=1S/C14H19N3/c1-14(2,3)12-5-4-11(8-13(12)15)9-17-7-6-16-10-17/h4-8,10H,9,15H2,1-3H3. The van der Waals surface area contributed by atoms with Crippen molar-refractivity contribution in [3.05, 3.63) is 48.0 Å². The lowest BCUT2D eigenvalue weighted by Crippen LogP contribution is -2.14. The van der Waals surface area contributed by atoms with Gasteiger partial charge in [0.05, 0.1) is 6.33 Å². The van der Waals surface area contributed by atoms with Gasteiger partial charge in [0.25, 0.3) is 0 Å². The van der Waals surface area contributed by atoms with Gasteiger partial charge in [-0.2, -0.15) is 0 Å². The van der Waals surface area contributed by atoms with Crippen LogP contribution in [-0.4, -0.2) is 9.55 Å². The molecule has 0 aliphatic heterocycles. The molecule has 0 fully saturated rings. The molecule has 0 bridgehead atoms. The Hall–Kier alpha value is -1.77. The minimum Gasteiger partial charge on any atom is -0.398 e. The van der Waals surface area contributed by atoms with Crippen molar-refractivity contribution in [3.63, 3.8) is 0 Å². The third-order valence-corrected chi connectivity index (χ3v) is 2.85. The van der Waals surface area contributed by atoms with Crippen LogP contribution in [0.2, 0.25) is 0 Å². The highest BCUT2D eigenvalue weighted by Crippen LogP contribution is 2.28. The van der Waals surface area contributed by atoms with E-state index in [9.17, 15) is 0 Å². The Kier molecular flexibility index (Phi) is 2.92. The molecule has 0 aliphatic carbocycles. The van der Waals surface area contributed by atoms with Crippen molar-refractivity contribution < 1.29 is 0 Å². The van der Waals surface area contributed by atoms with Crippen LogP contribution in [0.15, 0.2) is 36.9 Å². The van der Waals surface area contributed by atoms with Crippen molar-refractivity contribution in [1.29, 1.82) is 0 Å². The lowest BCUT2D eigenvalue weighted by atomic mass is 9.85. The summed E-state index contributed by atoms with van der Waals surface area (Å²) in [5.74, 6) is 0. The summed E-state index contributed by atoms with van der Waals surface area (Å²) in [4.78, 5) is 4.03. The molecule has 2 rings (SSSR count). The molecule has 0 radical (unpaired) electrons. The summed E-state index contributed by atoms with van der Waals surface area (Å²) in [5.41, 5.74) is 9.48. The Balaban J connectivity index is 2.25. The fourth-order valence-electron chi connectivity index (χ4n) is 1.98. The van der Waals surface area contributed by atoms with Gasteiger partial charge in [0.2, 0.25) is 0 Å². The van der Waals surface area contributed by atoms with Gasteiger partial charge in [-0.25, -0.2) is 4.98 Å². The second-order valence-electron chi connectivity index (χ2n) is 5.41. The minimum absolute atomic E-state index is 0.0949. The first kappa shape index (κ1) is 11.7. The highest BCUT2D eigenvalue weighted by molar-refractivity contribution is 5.52. The Morgan fingerprint density at radius 1 is 1.29 bits per heavy atom. The van der Waals surface area contributed by atoms with E-state index in [0.717, 1.165) is 12.2 Å². The van der Waals surface area contributed by atoms with Gasteiger partial charge < -0.3 is 10.3 Å². The molecule has 0 spiro atoms. The summed E-state index contributed by atoms with van der Waals surface area (Å²) in [7, 11) is 0. The highest BCUT2D eigenvalue weighted by Gasteiger charge is 2.16. The second kappa shape index (κ2) is 4.24. The van der Waals surface area contributed by atoms with E-state index < -0.39 is 0 Å². The van der Waals surface area contributed by atoms with Gasteiger partial charge in [0.1, 0.15) is 0 Å². The van der Waals surface area contributed by atoms with E-state index >= 15 is 0 Å². The third-order valence-electron chi connectivity index (χ3n) is 2.85. The molecular formula is C14H19N3. The molecule has 17 heavy (non-hydrogen) atoms. The first-order valence-corrected chi connectivity index (χ1v) is 5.81. The maximum absolute atomic E-state index is 6.11. The summed E-state index contributed by atoms with van der Waals surface area (Å²) < 4.78 is 2.03. The number of anilines is 1. The normalized spacial score (nSPS) is 11.7. The van der Waals surface area contributed by atoms with Crippen LogP contribution in [0.3, 0.4) is 0 Å². The minimum atomic E-state index is 0.0949. The van der Waals surface area contributed by atoms with Crippen molar-refractivity contribution in [2.45, 2.75) is 32.7 Å². The predicted octanol–water partition coefficient (Wildman–Crippen LogP) is 2.81. The van der Waals surface area contributed by atoms with Crippen LogP contribution in [0.5, 0.6) is 0 Å². The van der Waals surface area contributed by atoms with E-state index in [2.05, 4.69) is 44.0 Å². The van der Waals surface area contributed by atoms with Gasteiger partial charge in [-0.1, -0.05) is 32.9 Å². The number of benzene rings is 1. The van der Waals surface area contributed by atoms with Gasteiger partial charge in [0.15, 0.2) is 0 Å². The first-order chi connectivity index (χ1) is 7.97. The van der Waals surface area contributed by atoms with E-state index in [1.54, 1.807) is 6.20 Å². The number of hydrogen-bond acceptors (Lipinski definition) is 2. The molecular weight excluding hydrogens is 210 g/mol. The number of hydrogen-bond donors (Lipinski definition) is 1. The fraction of sp³-hybridized carbons (Fsp3) is 0.357. The molecule has 1 heterocycles. The number of rotatable bonds is 2. The van der Waals surface area contributed by atoms with Crippen LogP contribution in [0, 0.1) is 0 Å². The average Bonchev–Trinajstić information content (AvgIpc) is 2.68. The number of nitrogens with zero attached hydrogens (tertiary/aromatic N) is 2. The molecule has 2 N–H and O–H groups in total. The SMILES string of the molecule is CC(C)(C)c1ccc(Cn2ccnc2)cc1N. The van der Waals surface area contributed by atoms with Gasteiger partial charge in [-0.3, -0.25) is 0 Å². The van der Waals surface area contributed by atoms with Crippen LogP contribution in [-0.2, 0) is 12.0 Å².